The largest absolute Gasteiger partial charge is 0.507 e. The molecule has 0 bridgehead atoms. The zero-order chi connectivity index (χ0) is 19.1. The Morgan fingerprint density at radius 3 is 2.37 bits per heavy atom. The summed E-state index contributed by atoms with van der Waals surface area (Å²) in [4.78, 5) is 12.7. The highest BCUT2D eigenvalue weighted by atomic mass is 19.2. The van der Waals surface area contributed by atoms with Crippen molar-refractivity contribution >= 4 is 16.8 Å². The minimum absolute atomic E-state index is 0.0167. The van der Waals surface area contributed by atoms with Gasteiger partial charge in [-0.1, -0.05) is 30.3 Å². The van der Waals surface area contributed by atoms with E-state index in [0.29, 0.717) is 16.5 Å². The van der Waals surface area contributed by atoms with Crippen LogP contribution in [0.25, 0.3) is 22.1 Å². The van der Waals surface area contributed by atoms with E-state index in [1.807, 2.05) is 30.3 Å². The minimum Gasteiger partial charge on any atom is -0.507 e. The normalized spacial score (nSPS) is 11.1. The fourth-order valence-corrected chi connectivity index (χ4v) is 3.14. The summed E-state index contributed by atoms with van der Waals surface area (Å²) in [6.07, 6.45) is 0. The molecule has 0 atom stereocenters. The first-order valence-corrected chi connectivity index (χ1v) is 8.27. The number of furan rings is 1. The summed E-state index contributed by atoms with van der Waals surface area (Å²) in [7, 11) is 0. The number of carbonyl (C=O) groups is 1. The Bertz CT molecular complexity index is 1180. The number of aromatic hydroxyl groups is 1. The van der Waals surface area contributed by atoms with Crippen LogP contribution in [0, 0.1) is 18.6 Å². The van der Waals surface area contributed by atoms with E-state index < -0.39 is 17.4 Å². The van der Waals surface area contributed by atoms with Crippen LogP contribution in [0.15, 0.2) is 65.1 Å². The second kappa shape index (κ2) is 6.36. The van der Waals surface area contributed by atoms with Gasteiger partial charge in [0.25, 0.3) is 0 Å². The van der Waals surface area contributed by atoms with Crippen LogP contribution < -0.4 is 0 Å². The maximum absolute atomic E-state index is 13.5. The van der Waals surface area contributed by atoms with Gasteiger partial charge in [-0.3, -0.25) is 4.79 Å². The Kier molecular flexibility index (Phi) is 4.00. The molecule has 3 nitrogen and oxygen atoms in total. The van der Waals surface area contributed by atoms with Gasteiger partial charge < -0.3 is 9.52 Å². The second-order valence-corrected chi connectivity index (χ2v) is 6.25. The Balaban J connectivity index is 1.85. The summed E-state index contributed by atoms with van der Waals surface area (Å²) in [6, 6.07) is 15.7. The van der Waals surface area contributed by atoms with E-state index in [1.54, 1.807) is 19.1 Å². The first-order chi connectivity index (χ1) is 13.0. The van der Waals surface area contributed by atoms with E-state index in [-0.39, 0.29) is 17.1 Å². The third-order valence-corrected chi connectivity index (χ3v) is 4.50. The fourth-order valence-electron chi connectivity index (χ4n) is 3.14. The third kappa shape index (κ3) is 2.87. The summed E-state index contributed by atoms with van der Waals surface area (Å²) >= 11 is 0. The van der Waals surface area contributed by atoms with Crippen molar-refractivity contribution in [1.29, 1.82) is 0 Å². The third-order valence-electron chi connectivity index (χ3n) is 4.50. The molecule has 1 N–H and O–H groups in total. The molecule has 0 aliphatic heterocycles. The Labute approximate surface area is 153 Å². The average Bonchev–Trinajstić information content (AvgIpc) is 3.01. The van der Waals surface area contributed by atoms with Crippen molar-refractivity contribution in [2.24, 2.45) is 0 Å². The van der Waals surface area contributed by atoms with Crippen LogP contribution in [0.5, 0.6) is 5.75 Å². The number of carbonyl (C=O) groups excluding carboxylic acids is 1. The SMILES string of the molecule is Cc1c(C(=O)c2ccc(F)c(F)c2)oc2cc(-c3ccccc3)cc(O)c12. The number of rotatable bonds is 3. The first kappa shape index (κ1) is 17.0. The van der Waals surface area contributed by atoms with Crippen molar-refractivity contribution in [3.8, 4) is 16.9 Å². The highest BCUT2D eigenvalue weighted by molar-refractivity contribution is 6.11. The predicted molar refractivity (Wildman–Crippen MR) is 97.8 cm³/mol. The molecular weight excluding hydrogens is 350 g/mol. The van der Waals surface area contributed by atoms with Gasteiger partial charge in [0.05, 0.1) is 5.39 Å². The standard InChI is InChI=1S/C22H14F2O3/c1-12-20-18(25)10-15(13-5-3-2-4-6-13)11-19(20)27-22(12)21(26)14-7-8-16(23)17(24)9-14/h2-11,25H,1H3. The number of benzene rings is 3. The molecule has 4 rings (SSSR count). The molecular formula is C22H14F2O3. The molecule has 0 amide bonds. The Morgan fingerprint density at radius 1 is 0.926 bits per heavy atom. The number of phenolic OH excluding ortho intramolecular Hbond substituents is 1. The van der Waals surface area contributed by atoms with Gasteiger partial charge in [-0.05, 0) is 48.4 Å². The highest BCUT2D eigenvalue weighted by Crippen LogP contribution is 2.37. The maximum Gasteiger partial charge on any atom is 0.228 e. The van der Waals surface area contributed by atoms with Crippen LogP contribution in [0.3, 0.4) is 0 Å². The van der Waals surface area contributed by atoms with Gasteiger partial charge in [0, 0.05) is 11.1 Å². The topological polar surface area (TPSA) is 50.4 Å². The summed E-state index contributed by atoms with van der Waals surface area (Å²) in [5.74, 6) is -2.75. The summed E-state index contributed by atoms with van der Waals surface area (Å²) in [6.45, 7) is 1.64. The van der Waals surface area contributed by atoms with Crippen molar-refractivity contribution < 1.29 is 23.1 Å². The average molecular weight is 364 g/mol. The lowest BCUT2D eigenvalue weighted by molar-refractivity contribution is 0.101. The molecule has 0 saturated carbocycles. The highest BCUT2D eigenvalue weighted by Gasteiger charge is 2.22. The van der Waals surface area contributed by atoms with E-state index in [1.165, 1.54) is 6.07 Å². The number of phenols is 1. The molecule has 27 heavy (non-hydrogen) atoms. The van der Waals surface area contributed by atoms with Crippen LogP contribution in [0.1, 0.15) is 21.7 Å². The van der Waals surface area contributed by atoms with Gasteiger partial charge in [-0.15, -0.1) is 0 Å². The second-order valence-electron chi connectivity index (χ2n) is 6.25. The molecule has 1 heterocycles. The molecule has 0 unspecified atom stereocenters. The van der Waals surface area contributed by atoms with Crippen molar-refractivity contribution in [3.63, 3.8) is 0 Å². The van der Waals surface area contributed by atoms with E-state index in [4.69, 9.17) is 4.42 Å². The van der Waals surface area contributed by atoms with Crippen LogP contribution in [0.2, 0.25) is 0 Å². The minimum atomic E-state index is -1.11. The van der Waals surface area contributed by atoms with Crippen LogP contribution in [-0.4, -0.2) is 10.9 Å². The number of aryl methyl sites for hydroxylation is 1. The van der Waals surface area contributed by atoms with Crippen molar-refractivity contribution in [2.45, 2.75) is 6.92 Å². The van der Waals surface area contributed by atoms with Crippen LogP contribution in [0.4, 0.5) is 8.78 Å². The van der Waals surface area contributed by atoms with Gasteiger partial charge in [0.2, 0.25) is 5.78 Å². The monoisotopic (exact) mass is 364 g/mol. The molecule has 0 radical (unpaired) electrons. The summed E-state index contributed by atoms with van der Waals surface area (Å²) in [5, 5.41) is 10.9. The van der Waals surface area contributed by atoms with Gasteiger partial charge in [0.1, 0.15) is 11.3 Å². The number of halogens is 2. The number of fused-ring (bicyclic) bond motifs is 1. The molecule has 3 aromatic carbocycles. The van der Waals surface area contributed by atoms with Gasteiger partial charge >= 0.3 is 0 Å². The fraction of sp³-hybridized carbons (Fsp3) is 0.0455. The van der Waals surface area contributed by atoms with E-state index in [9.17, 15) is 18.7 Å². The van der Waals surface area contributed by atoms with Crippen molar-refractivity contribution in [1.82, 2.24) is 0 Å². The van der Waals surface area contributed by atoms with Crippen molar-refractivity contribution in [2.75, 3.05) is 0 Å². The molecule has 0 aliphatic carbocycles. The maximum atomic E-state index is 13.5. The quantitative estimate of drug-likeness (QED) is 0.480. The molecule has 0 fully saturated rings. The molecule has 5 heteroatoms. The lowest BCUT2D eigenvalue weighted by atomic mass is 10.0. The molecule has 4 aromatic rings. The van der Waals surface area contributed by atoms with E-state index in [2.05, 4.69) is 0 Å². The molecule has 134 valence electrons. The zero-order valence-corrected chi connectivity index (χ0v) is 14.3. The van der Waals surface area contributed by atoms with Crippen LogP contribution in [-0.2, 0) is 0 Å². The first-order valence-electron chi connectivity index (χ1n) is 8.27. The van der Waals surface area contributed by atoms with Crippen molar-refractivity contribution in [3.05, 3.63) is 89.2 Å². The number of hydrogen-bond acceptors (Lipinski definition) is 3. The number of hydrogen-bond donors (Lipinski definition) is 1. The summed E-state index contributed by atoms with van der Waals surface area (Å²) in [5.41, 5.74) is 2.38. The molecule has 0 saturated heterocycles. The lowest BCUT2D eigenvalue weighted by Crippen LogP contribution is -2.02. The van der Waals surface area contributed by atoms with Gasteiger partial charge in [-0.2, -0.15) is 0 Å². The van der Waals surface area contributed by atoms with E-state index in [0.717, 1.165) is 23.3 Å². The van der Waals surface area contributed by atoms with Gasteiger partial charge in [0.15, 0.2) is 17.4 Å². The molecule has 1 aromatic heterocycles. The predicted octanol–water partition coefficient (Wildman–Crippen LogP) is 5.62. The Hall–Kier alpha value is -3.47. The summed E-state index contributed by atoms with van der Waals surface area (Å²) < 4.78 is 32.3. The smallest absolute Gasteiger partial charge is 0.228 e. The zero-order valence-electron chi connectivity index (χ0n) is 14.3. The van der Waals surface area contributed by atoms with Gasteiger partial charge in [-0.25, -0.2) is 8.78 Å². The molecule has 0 aliphatic rings. The lowest BCUT2D eigenvalue weighted by Gasteiger charge is -2.03. The van der Waals surface area contributed by atoms with E-state index >= 15 is 0 Å². The number of ketones is 1. The Morgan fingerprint density at radius 2 is 1.67 bits per heavy atom. The van der Waals surface area contributed by atoms with Crippen LogP contribution >= 0.6 is 0 Å². The molecule has 0 spiro atoms.